The quantitative estimate of drug-likeness (QED) is 0.885. The molecule has 2 rings (SSSR count). The molecule has 18 heavy (non-hydrogen) atoms. The van der Waals surface area contributed by atoms with E-state index >= 15 is 0 Å². The van der Waals surface area contributed by atoms with E-state index in [9.17, 15) is 4.79 Å². The van der Waals surface area contributed by atoms with Crippen LogP contribution >= 0.6 is 0 Å². The van der Waals surface area contributed by atoms with Crippen LogP contribution in [-0.4, -0.2) is 11.3 Å². The molecule has 0 amide bonds. The van der Waals surface area contributed by atoms with Crippen LogP contribution in [0.3, 0.4) is 0 Å². The molecule has 1 saturated carbocycles. The lowest BCUT2D eigenvalue weighted by molar-refractivity contribution is -0.119. The smallest absolute Gasteiger partial charge is 0.139 e. The second-order valence-electron chi connectivity index (χ2n) is 5.74. The van der Waals surface area contributed by atoms with Gasteiger partial charge in [0.15, 0.2) is 0 Å². The highest BCUT2D eigenvalue weighted by atomic mass is 16.1. The van der Waals surface area contributed by atoms with Crippen LogP contribution < -0.4 is 5.73 Å². The number of hydrogen-bond donors (Lipinski definition) is 1. The second kappa shape index (κ2) is 5.66. The van der Waals surface area contributed by atoms with Crippen LogP contribution in [0.4, 0.5) is 0 Å². The van der Waals surface area contributed by atoms with Crippen LogP contribution in [0, 0.1) is 6.92 Å². The van der Waals surface area contributed by atoms with Crippen molar-refractivity contribution in [1.82, 2.24) is 0 Å². The zero-order chi connectivity index (χ0) is 13.0. The molecule has 0 saturated heterocycles. The first-order chi connectivity index (χ1) is 8.59. The van der Waals surface area contributed by atoms with Gasteiger partial charge in [-0.05, 0) is 30.9 Å². The van der Waals surface area contributed by atoms with Crippen molar-refractivity contribution in [3.8, 4) is 0 Å². The minimum Gasteiger partial charge on any atom is -0.325 e. The summed E-state index contributed by atoms with van der Waals surface area (Å²) in [5, 5.41) is 0. The zero-order valence-electron chi connectivity index (χ0n) is 11.2. The molecule has 0 atom stereocenters. The molecule has 0 heterocycles. The van der Waals surface area contributed by atoms with Crippen molar-refractivity contribution in [1.29, 1.82) is 0 Å². The van der Waals surface area contributed by atoms with Gasteiger partial charge in [0, 0.05) is 18.4 Å². The highest BCUT2D eigenvalue weighted by Crippen LogP contribution is 2.29. The molecule has 2 heteroatoms. The van der Waals surface area contributed by atoms with Gasteiger partial charge in [-0.3, -0.25) is 4.79 Å². The van der Waals surface area contributed by atoms with E-state index in [0.29, 0.717) is 12.8 Å². The number of rotatable bonds is 4. The maximum absolute atomic E-state index is 12.2. The number of carbonyl (C=O) groups is 1. The molecule has 2 nitrogen and oxygen atoms in total. The summed E-state index contributed by atoms with van der Waals surface area (Å²) in [6, 6.07) is 8.10. The van der Waals surface area contributed by atoms with Crippen molar-refractivity contribution in [2.24, 2.45) is 5.73 Å². The molecule has 0 bridgehead atoms. The highest BCUT2D eigenvalue weighted by molar-refractivity contribution is 5.82. The third-order valence-corrected chi connectivity index (χ3v) is 4.05. The van der Waals surface area contributed by atoms with Crippen LogP contribution in [0.2, 0.25) is 0 Å². The average molecular weight is 245 g/mol. The number of hydrogen-bond acceptors (Lipinski definition) is 2. The number of carbonyl (C=O) groups excluding carboxylic acids is 1. The lowest BCUT2D eigenvalue weighted by atomic mass is 9.78. The Labute approximate surface area is 110 Å². The van der Waals surface area contributed by atoms with E-state index < -0.39 is 0 Å². The highest BCUT2D eigenvalue weighted by Gasteiger charge is 2.29. The van der Waals surface area contributed by atoms with Gasteiger partial charge in [-0.15, -0.1) is 0 Å². The molecule has 0 spiro atoms. The standard InChI is InChI=1S/C16H23NO/c1-13-7-3-4-8-14(13)11-15(18)12-16(17)9-5-2-6-10-16/h3-4,7-8H,2,5-6,9-12,17H2,1H3. The van der Waals surface area contributed by atoms with E-state index in [1.165, 1.54) is 24.8 Å². The molecular formula is C16H23NO. The topological polar surface area (TPSA) is 43.1 Å². The Kier molecular flexibility index (Phi) is 4.18. The van der Waals surface area contributed by atoms with Crippen molar-refractivity contribution < 1.29 is 4.79 Å². The lowest BCUT2D eigenvalue weighted by Crippen LogP contribution is -2.43. The first kappa shape index (κ1) is 13.3. The minimum atomic E-state index is -0.224. The summed E-state index contributed by atoms with van der Waals surface area (Å²) in [6.07, 6.45) is 6.71. The van der Waals surface area contributed by atoms with Gasteiger partial charge in [-0.1, -0.05) is 43.5 Å². The van der Waals surface area contributed by atoms with Gasteiger partial charge in [0.05, 0.1) is 0 Å². The molecule has 1 fully saturated rings. The third-order valence-electron chi connectivity index (χ3n) is 4.05. The Bertz CT molecular complexity index is 419. The summed E-state index contributed by atoms with van der Waals surface area (Å²) in [5.74, 6) is 0.286. The van der Waals surface area contributed by atoms with Crippen molar-refractivity contribution >= 4 is 5.78 Å². The number of benzene rings is 1. The van der Waals surface area contributed by atoms with Gasteiger partial charge < -0.3 is 5.73 Å². The fourth-order valence-electron chi connectivity index (χ4n) is 2.91. The molecule has 0 aliphatic heterocycles. The first-order valence-electron chi connectivity index (χ1n) is 6.94. The van der Waals surface area contributed by atoms with E-state index in [1.54, 1.807) is 0 Å². The molecule has 2 N–H and O–H groups in total. The van der Waals surface area contributed by atoms with Crippen LogP contribution in [0.5, 0.6) is 0 Å². The molecular weight excluding hydrogens is 222 g/mol. The van der Waals surface area contributed by atoms with Gasteiger partial charge in [-0.2, -0.15) is 0 Å². The maximum atomic E-state index is 12.2. The van der Waals surface area contributed by atoms with E-state index in [1.807, 2.05) is 18.2 Å². The SMILES string of the molecule is Cc1ccccc1CC(=O)CC1(N)CCCCC1. The summed E-state index contributed by atoms with van der Waals surface area (Å²) in [4.78, 5) is 12.2. The van der Waals surface area contributed by atoms with E-state index in [-0.39, 0.29) is 11.3 Å². The molecule has 1 aliphatic carbocycles. The molecule has 1 aromatic rings. The molecule has 0 unspecified atom stereocenters. The Morgan fingerprint density at radius 1 is 1.22 bits per heavy atom. The van der Waals surface area contributed by atoms with Crippen molar-refractivity contribution in [3.05, 3.63) is 35.4 Å². The van der Waals surface area contributed by atoms with Crippen LogP contribution in [0.25, 0.3) is 0 Å². The van der Waals surface area contributed by atoms with Crippen LogP contribution in [0.1, 0.15) is 49.7 Å². The van der Waals surface area contributed by atoms with E-state index in [4.69, 9.17) is 5.73 Å². The Morgan fingerprint density at radius 3 is 2.56 bits per heavy atom. The summed E-state index contributed by atoms with van der Waals surface area (Å²) in [6.45, 7) is 2.06. The van der Waals surface area contributed by atoms with E-state index in [2.05, 4.69) is 13.0 Å². The largest absolute Gasteiger partial charge is 0.325 e. The summed E-state index contributed by atoms with van der Waals surface area (Å²) in [7, 11) is 0. The second-order valence-corrected chi connectivity index (χ2v) is 5.74. The normalized spacial score (nSPS) is 18.6. The third kappa shape index (κ3) is 3.42. The fraction of sp³-hybridized carbons (Fsp3) is 0.562. The Hall–Kier alpha value is -1.15. The monoisotopic (exact) mass is 245 g/mol. The zero-order valence-corrected chi connectivity index (χ0v) is 11.2. The molecule has 98 valence electrons. The van der Waals surface area contributed by atoms with Crippen molar-refractivity contribution in [3.63, 3.8) is 0 Å². The summed E-state index contributed by atoms with van der Waals surface area (Å²) >= 11 is 0. The van der Waals surface area contributed by atoms with Crippen LogP contribution in [0.15, 0.2) is 24.3 Å². The maximum Gasteiger partial charge on any atom is 0.139 e. The van der Waals surface area contributed by atoms with Gasteiger partial charge in [0.1, 0.15) is 5.78 Å². The number of Topliss-reactive ketones (excluding diaryl/α,β-unsaturated/α-hetero) is 1. The predicted molar refractivity (Wildman–Crippen MR) is 74.5 cm³/mol. The van der Waals surface area contributed by atoms with Gasteiger partial charge >= 0.3 is 0 Å². The lowest BCUT2D eigenvalue weighted by Gasteiger charge is -2.32. The van der Waals surface area contributed by atoms with E-state index in [0.717, 1.165) is 18.4 Å². The molecule has 1 aromatic carbocycles. The molecule has 1 aliphatic rings. The first-order valence-corrected chi connectivity index (χ1v) is 6.94. The summed E-state index contributed by atoms with van der Waals surface area (Å²) < 4.78 is 0. The van der Waals surface area contributed by atoms with Gasteiger partial charge in [0.25, 0.3) is 0 Å². The molecule has 0 aromatic heterocycles. The van der Waals surface area contributed by atoms with Crippen molar-refractivity contribution in [2.75, 3.05) is 0 Å². The Balaban J connectivity index is 1.94. The van der Waals surface area contributed by atoms with Gasteiger partial charge in [0.2, 0.25) is 0 Å². The number of ketones is 1. The van der Waals surface area contributed by atoms with Crippen molar-refractivity contribution in [2.45, 2.75) is 57.4 Å². The Morgan fingerprint density at radius 2 is 1.89 bits per heavy atom. The minimum absolute atomic E-state index is 0.224. The average Bonchev–Trinajstić information content (AvgIpc) is 2.32. The number of nitrogens with two attached hydrogens (primary N) is 1. The molecule has 0 radical (unpaired) electrons. The predicted octanol–water partition coefficient (Wildman–Crippen LogP) is 3.16. The summed E-state index contributed by atoms with van der Waals surface area (Å²) in [5.41, 5.74) is 8.44. The van der Waals surface area contributed by atoms with Crippen LogP contribution in [-0.2, 0) is 11.2 Å². The number of aryl methyl sites for hydroxylation is 1. The fourth-order valence-corrected chi connectivity index (χ4v) is 2.91. The van der Waals surface area contributed by atoms with Gasteiger partial charge in [-0.25, -0.2) is 0 Å².